The first-order valence-electron chi connectivity index (χ1n) is 10.2. The maximum atomic E-state index is 12.6. The van der Waals surface area contributed by atoms with E-state index >= 15 is 0 Å². The van der Waals surface area contributed by atoms with E-state index < -0.39 is 0 Å². The average Bonchev–Trinajstić information content (AvgIpc) is 3.18. The minimum absolute atomic E-state index is 0.253. The van der Waals surface area contributed by atoms with Crippen molar-refractivity contribution in [1.29, 1.82) is 0 Å². The Kier molecular flexibility index (Phi) is 5.74. The minimum atomic E-state index is 0.253. The minimum Gasteiger partial charge on any atom is -0.496 e. The summed E-state index contributed by atoms with van der Waals surface area (Å²) < 4.78 is 5.31. The van der Waals surface area contributed by atoms with Gasteiger partial charge in [0.25, 0.3) is 0 Å². The zero-order valence-corrected chi connectivity index (χ0v) is 17.0. The summed E-state index contributed by atoms with van der Waals surface area (Å²) in [4.78, 5) is 23.3. The third-order valence-electron chi connectivity index (χ3n) is 5.79. The zero-order valence-electron chi connectivity index (χ0n) is 17.0. The van der Waals surface area contributed by atoms with E-state index in [1.54, 1.807) is 19.5 Å². The summed E-state index contributed by atoms with van der Waals surface area (Å²) in [7, 11) is 1.69. The van der Waals surface area contributed by atoms with Crippen molar-refractivity contribution < 1.29 is 9.53 Å². The summed E-state index contributed by atoms with van der Waals surface area (Å²) in [5.74, 6) is 1.51. The number of carbonyl (C=O) groups is 1. The van der Waals surface area contributed by atoms with Crippen LogP contribution in [0.3, 0.4) is 0 Å². The van der Waals surface area contributed by atoms with Crippen LogP contribution in [0.2, 0.25) is 0 Å². The van der Waals surface area contributed by atoms with Gasteiger partial charge in [0.2, 0.25) is 5.91 Å². The van der Waals surface area contributed by atoms with Gasteiger partial charge >= 0.3 is 0 Å². The van der Waals surface area contributed by atoms with Crippen molar-refractivity contribution in [3.63, 3.8) is 0 Å². The van der Waals surface area contributed by atoms with Crippen molar-refractivity contribution in [2.24, 2.45) is 0 Å². The summed E-state index contributed by atoms with van der Waals surface area (Å²) >= 11 is 0. The van der Waals surface area contributed by atoms with Crippen LogP contribution in [0.25, 0.3) is 11.2 Å². The third kappa shape index (κ3) is 4.23. The maximum absolute atomic E-state index is 12.6. The molecule has 0 atom stereocenters. The predicted molar refractivity (Wildman–Crippen MR) is 111 cm³/mol. The molecular formula is C22H27N5O2. The molecule has 7 nitrogen and oxygen atoms in total. The molecule has 2 aromatic heterocycles. The largest absolute Gasteiger partial charge is 0.496 e. The molecule has 0 bridgehead atoms. The molecule has 0 unspecified atom stereocenters. The summed E-state index contributed by atoms with van der Waals surface area (Å²) in [5, 5.41) is 7.35. The van der Waals surface area contributed by atoms with Gasteiger partial charge < -0.3 is 9.64 Å². The number of H-pyrrole nitrogens is 1. The van der Waals surface area contributed by atoms with Gasteiger partial charge in [0.1, 0.15) is 11.3 Å². The van der Waals surface area contributed by atoms with Gasteiger partial charge in [0.05, 0.1) is 12.8 Å². The van der Waals surface area contributed by atoms with Crippen LogP contribution >= 0.6 is 0 Å². The molecule has 1 N–H and O–H groups in total. The lowest BCUT2D eigenvalue weighted by Gasteiger charge is -2.31. The fraction of sp³-hybridized carbons (Fsp3) is 0.455. The van der Waals surface area contributed by atoms with Gasteiger partial charge in [-0.1, -0.05) is 12.1 Å². The molecule has 0 aliphatic carbocycles. The van der Waals surface area contributed by atoms with Gasteiger partial charge in [0.15, 0.2) is 5.65 Å². The summed E-state index contributed by atoms with van der Waals surface area (Å²) in [6, 6.07) is 6.23. The molecule has 1 saturated heterocycles. The van der Waals surface area contributed by atoms with E-state index in [-0.39, 0.29) is 5.91 Å². The molecule has 1 fully saturated rings. The highest BCUT2D eigenvalue weighted by Crippen LogP contribution is 2.30. The molecule has 0 radical (unpaired) electrons. The number of aryl methyl sites for hydroxylation is 2. The fourth-order valence-corrected chi connectivity index (χ4v) is 4.17. The molecule has 1 amide bonds. The number of ether oxygens (including phenoxy) is 1. The van der Waals surface area contributed by atoms with Crippen LogP contribution in [0.1, 0.15) is 48.4 Å². The quantitative estimate of drug-likeness (QED) is 0.694. The number of carbonyl (C=O) groups excluding carboxylic acids is 1. The second kappa shape index (κ2) is 8.59. The lowest BCUT2D eigenvalue weighted by atomic mass is 9.92. The molecular weight excluding hydrogens is 366 g/mol. The second-order valence-electron chi connectivity index (χ2n) is 7.68. The number of rotatable bonds is 6. The molecule has 29 heavy (non-hydrogen) atoms. The number of hydrogen-bond donors (Lipinski definition) is 1. The highest BCUT2D eigenvalue weighted by atomic mass is 16.5. The summed E-state index contributed by atoms with van der Waals surface area (Å²) in [5.41, 5.74) is 4.95. The number of aromatic nitrogens is 4. The number of fused-ring (bicyclic) bond motifs is 1. The number of benzene rings is 1. The molecule has 0 saturated carbocycles. The number of amides is 1. The van der Waals surface area contributed by atoms with Crippen LogP contribution in [-0.4, -0.2) is 51.2 Å². The molecule has 3 heterocycles. The lowest BCUT2D eigenvalue weighted by Crippen LogP contribution is -2.37. The van der Waals surface area contributed by atoms with Crippen molar-refractivity contribution >= 4 is 17.1 Å². The lowest BCUT2D eigenvalue weighted by molar-refractivity contribution is -0.132. The number of methoxy groups -OCH3 is 1. The Bertz CT molecular complexity index is 992. The van der Waals surface area contributed by atoms with Crippen LogP contribution in [0.15, 0.2) is 30.6 Å². The molecule has 1 aliphatic rings. The first-order chi connectivity index (χ1) is 14.2. The van der Waals surface area contributed by atoms with Crippen molar-refractivity contribution in [2.75, 3.05) is 20.2 Å². The number of likely N-dealkylation sites (tertiary alicyclic amines) is 1. The fourth-order valence-electron chi connectivity index (χ4n) is 4.17. The van der Waals surface area contributed by atoms with E-state index in [2.05, 4.69) is 32.3 Å². The van der Waals surface area contributed by atoms with Gasteiger partial charge in [-0.15, -0.1) is 0 Å². The van der Waals surface area contributed by atoms with Gasteiger partial charge in [0, 0.05) is 37.8 Å². The van der Waals surface area contributed by atoms with Crippen molar-refractivity contribution in [3.8, 4) is 5.75 Å². The average molecular weight is 393 g/mol. The van der Waals surface area contributed by atoms with Gasteiger partial charge in [-0.3, -0.25) is 9.89 Å². The molecule has 3 aromatic rings. The van der Waals surface area contributed by atoms with Crippen LogP contribution in [0, 0.1) is 6.92 Å². The van der Waals surface area contributed by atoms with Crippen molar-refractivity contribution in [2.45, 2.75) is 44.9 Å². The Hall–Kier alpha value is -2.96. The molecule has 4 rings (SSSR count). The van der Waals surface area contributed by atoms with Gasteiger partial charge in [-0.2, -0.15) is 5.10 Å². The molecule has 0 spiro atoms. The van der Waals surface area contributed by atoms with E-state index in [1.807, 2.05) is 17.9 Å². The Morgan fingerprint density at radius 2 is 2.03 bits per heavy atom. The number of nitrogens with zero attached hydrogens (tertiary/aromatic N) is 4. The zero-order chi connectivity index (χ0) is 20.2. The predicted octanol–water partition coefficient (Wildman–Crippen LogP) is 3.40. The third-order valence-corrected chi connectivity index (χ3v) is 5.79. The standard InChI is InChI=1S/C22H27N5O2/c1-15-14-16(6-7-18(15)29-2)4-3-5-19(28)27-12-8-17(9-13-27)20-21-22(26-25-20)24-11-10-23-21/h6-7,10-11,14,17H,3-5,8-9,12-13H2,1-2H3,(H,24,25,26). The van der Waals surface area contributed by atoms with Crippen molar-refractivity contribution in [1.82, 2.24) is 25.1 Å². The van der Waals surface area contributed by atoms with Crippen LogP contribution in [0.4, 0.5) is 0 Å². The van der Waals surface area contributed by atoms with E-state index in [0.29, 0.717) is 18.0 Å². The number of hydrogen-bond acceptors (Lipinski definition) is 5. The smallest absolute Gasteiger partial charge is 0.222 e. The summed E-state index contributed by atoms with van der Waals surface area (Å²) in [6.45, 7) is 3.62. The van der Waals surface area contributed by atoms with Crippen LogP contribution in [0.5, 0.6) is 5.75 Å². The topological polar surface area (TPSA) is 84.0 Å². The first kappa shape index (κ1) is 19.4. The normalized spacial score (nSPS) is 15.0. The van der Waals surface area contributed by atoms with Crippen LogP contribution in [-0.2, 0) is 11.2 Å². The monoisotopic (exact) mass is 393 g/mol. The molecule has 152 valence electrons. The summed E-state index contributed by atoms with van der Waals surface area (Å²) in [6.07, 6.45) is 7.58. The highest BCUT2D eigenvalue weighted by Gasteiger charge is 2.26. The highest BCUT2D eigenvalue weighted by molar-refractivity contribution is 5.76. The van der Waals surface area contributed by atoms with E-state index in [4.69, 9.17) is 4.74 Å². The maximum Gasteiger partial charge on any atom is 0.222 e. The first-order valence-corrected chi connectivity index (χ1v) is 10.2. The number of aromatic amines is 1. The molecule has 1 aliphatic heterocycles. The van der Waals surface area contributed by atoms with Crippen molar-refractivity contribution in [3.05, 3.63) is 47.4 Å². The van der Waals surface area contributed by atoms with E-state index in [9.17, 15) is 4.79 Å². The molecule has 1 aromatic carbocycles. The van der Waals surface area contributed by atoms with Crippen LogP contribution < -0.4 is 4.74 Å². The Balaban J connectivity index is 1.26. The van der Waals surface area contributed by atoms with E-state index in [1.165, 1.54) is 5.56 Å². The Labute approximate surface area is 170 Å². The van der Waals surface area contributed by atoms with Gasteiger partial charge in [-0.05, 0) is 49.8 Å². The number of nitrogens with one attached hydrogen (secondary N) is 1. The SMILES string of the molecule is COc1ccc(CCCC(=O)N2CCC(c3[nH]nc4nccnc34)CC2)cc1C. The Morgan fingerprint density at radius 1 is 1.24 bits per heavy atom. The Morgan fingerprint density at radius 3 is 2.79 bits per heavy atom. The molecule has 7 heteroatoms. The van der Waals surface area contributed by atoms with Gasteiger partial charge in [-0.25, -0.2) is 9.97 Å². The number of piperidine rings is 1. The second-order valence-corrected chi connectivity index (χ2v) is 7.68. The van der Waals surface area contributed by atoms with E-state index in [0.717, 1.165) is 61.3 Å².